The molecular weight excluding hydrogens is 216 g/mol. The van der Waals surface area contributed by atoms with Gasteiger partial charge in [0.1, 0.15) is 5.75 Å². The highest BCUT2D eigenvalue weighted by molar-refractivity contribution is 6.32. The lowest BCUT2D eigenvalue weighted by Crippen LogP contribution is -2.24. The van der Waals surface area contributed by atoms with Gasteiger partial charge in [-0.2, -0.15) is 0 Å². The predicted molar refractivity (Wildman–Crippen MR) is 60.6 cm³/mol. The summed E-state index contributed by atoms with van der Waals surface area (Å²) in [5.41, 5.74) is 0.654. The van der Waals surface area contributed by atoms with E-state index in [9.17, 15) is 4.79 Å². The zero-order chi connectivity index (χ0) is 11.3. The van der Waals surface area contributed by atoms with E-state index in [1.54, 1.807) is 32.4 Å². The molecule has 0 unspecified atom stereocenters. The van der Waals surface area contributed by atoms with Crippen molar-refractivity contribution in [3.63, 3.8) is 0 Å². The predicted octanol–water partition coefficient (Wildman–Crippen LogP) is 1.51. The maximum absolute atomic E-state index is 11.2. The van der Waals surface area contributed by atoms with Gasteiger partial charge in [-0.3, -0.25) is 4.79 Å². The first kappa shape index (κ1) is 11.8. The molecule has 0 spiro atoms. The largest absolute Gasteiger partial charge is 0.495 e. The molecule has 4 nitrogen and oxygen atoms in total. The van der Waals surface area contributed by atoms with Crippen molar-refractivity contribution in [3.05, 3.63) is 23.2 Å². The van der Waals surface area contributed by atoms with E-state index >= 15 is 0 Å². The van der Waals surface area contributed by atoms with E-state index in [0.29, 0.717) is 16.5 Å². The Morgan fingerprint density at radius 3 is 2.80 bits per heavy atom. The molecule has 1 amide bonds. The van der Waals surface area contributed by atoms with Crippen molar-refractivity contribution in [2.24, 2.45) is 0 Å². The van der Waals surface area contributed by atoms with E-state index in [4.69, 9.17) is 16.3 Å². The van der Waals surface area contributed by atoms with E-state index < -0.39 is 0 Å². The second-order valence-corrected chi connectivity index (χ2v) is 3.34. The van der Waals surface area contributed by atoms with Crippen LogP contribution in [0.1, 0.15) is 0 Å². The molecule has 1 rings (SSSR count). The van der Waals surface area contributed by atoms with Crippen LogP contribution in [0.4, 0.5) is 5.69 Å². The third-order valence-corrected chi connectivity index (χ3v) is 2.07. The Morgan fingerprint density at radius 1 is 1.53 bits per heavy atom. The van der Waals surface area contributed by atoms with Gasteiger partial charge in [0.25, 0.3) is 0 Å². The normalized spacial score (nSPS) is 9.80. The molecule has 0 aliphatic carbocycles. The molecule has 0 saturated carbocycles. The van der Waals surface area contributed by atoms with Crippen molar-refractivity contribution < 1.29 is 9.53 Å². The van der Waals surface area contributed by atoms with Crippen LogP contribution in [-0.4, -0.2) is 26.6 Å². The number of likely N-dealkylation sites (N-methyl/N-ethyl adjacent to an activating group) is 1. The van der Waals surface area contributed by atoms with Crippen LogP contribution in [0.25, 0.3) is 0 Å². The first-order valence-electron chi connectivity index (χ1n) is 4.45. The van der Waals surface area contributed by atoms with Gasteiger partial charge in [0.15, 0.2) is 0 Å². The smallest absolute Gasteiger partial charge is 0.238 e. The van der Waals surface area contributed by atoms with E-state index in [0.717, 1.165) is 0 Å². The minimum atomic E-state index is -0.112. The van der Waals surface area contributed by atoms with Gasteiger partial charge in [-0.25, -0.2) is 0 Å². The number of rotatable bonds is 4. The molecule has 5 heteroatoms. The van der Waals surface area contributed by atoms with Crippen molar-refractivity contribution in [1.29, 1.82) is 0 Å². The fraction of sp³-hybridized carbons (Fsp3) is 0.300. The number of nitrogens with one attached hydrogen (secondary N) is 2. The summed E-state index contributed by atoms with van der Waals surface area (Å²) in [4.78, 5) is 11.2. The Bertz CT molecular complexity index is 355. The summed E-state index contributed by atoms with van der Waals surface area (Å²) in [6.45, 7) is 0.268. The molecule has 0 aromatic heterocycles. The van der Waals surface area contributed by atoms with Gasteiger partial charge in [-0.05, 0) is 25.2 Å². The van der Waals surface area contributed by atoms with Gasteiger partial charge in [0.2, 0.25) is 5.91 Å². The fourth-order valence-electron chi connectivity index (χ4n) is 1.11. The molecule has 0 saturated heterocycles. The molecule has 2 N–H and O–H groups in total. The lowest BCUT2D eigenvalue weighted by molar-refractivity contribution is -0.115. The van der Waals surface area contributed by atoms with E-state index in [2.05, 4.69) is 10.6 Å². The van der Waals surface area contributed by atoms with Crippen LogP contribution in [0.5, 0.6) is 5.75 Å². The summed E-state index contributed by atoms with van der Waals surface area (Å²) in [6.07, 6.45) is 0. The van der Waals surface area contributed by atoms with Crippen molar-refractivity contribution in [3.8, 4) is 5.75 Å². The van der Waals surface area contributed by atoms with E-state index in [-0.39, 0.29) is 12.5 Å². The lowest BCUT2D eigenvalue weighted by Gasteiger charge is -2.07. The molecule has 0 bridgehead atoms. The third kappa shape index (κ3) is 3.42. The minimum absolute atomic E-state index is 0.112. The van der Waals surface area contributed by atoms with Crippen molar-refractivity contribution in [1.82, 2.24) is 5.32 Å². The molecule has 0 aliphatic rings. The summed E-state index contributed by atoms with van der Waals surface area (Å²) in [7, 11) is 3.25. The topological polar surface area (TPSA) is 50.4 Å². The fourth-order valence-corrected chi connectivity index (χ4v) is 1.37. The molecule has 0 heterocycles. The Kier molecular flexibility index (Phi) is 4.39. The molecular formula is C10H13ClN2O2. The molecule has 15 heavy (non-hydrogen) atoms. The average Bonchev–Trinajstić information content (AvgIpc) is 2.18. The number of carbonyl (C=O) groups is 1. The highest BCUT2D eigenvalue weighted by atomic mass is 35.5. The van der Waals surface area contributed by atoms with E-state index in [1.165, 1.54) is 0 Å². The van der Waals surface area contributed by atoms with Crippen molar-refractivity contribution in [2.75, 3.05) is 26.0 Å². The van der Waals surface area contributed by atoms with Gasteiger partial charge in [-0.15, -0.1) is 0 Å². The number of methoxy groups -OCH3 is 1. The maximum atomic E-state index is 11.2. The molecule has 1 aromatic rings. The highest BCUT2D eigenvalue weighted by Crippen LogP contribution is 2.26. The average molecular weight is 229 g/mol. The molecule has 1 aromatic carbocycles. The van der Waals surface area contributed by atoms with E-state index in [1.807, 2.05) is 0 Å². The zero-order valence-electron chi connectivity index (χ0n) is 8.63. The van der Waals surface area contributed by atoms with Gasteiger partial charge in [0.05, 0.1) is 18.7 Å². The van der Waals surface area contributed by atoms with Gasteiger partial charge < -0.3 is 15.4 Å². The quantitative estimate of drug-likeness (QED) is 0.821. The lowest BCUT2D eigenvalue weighted by atomic mass is 10.3. The van der Waals surface area contributed by atoms with Crippen LogP contribution in [-0.2, 0) is 4.79 Å². The number of anilines is 1. The molecule has 0 atom stereocenters. The number of benzene rings is 1. The van der Waals surface area contributed by atoms with Crippen LogP contribution < -0.4 is 15.4 Å². The van der Waals surface area contributed by atoms with Crippen molar-refractivity contribution >= 4 is 23.2 Å². The number of hydrogen-bond acceptors (Lipinski definition) is 3. The Morgan fingerprint density at radius 2 is 2.27 bits per heavy atom. The third-order valence-electron chi connectivity index (χ3n) is 1.77. The second-order valence-electron chi connectivity index (χ2n) is 2.93. The standard InChI is InChI=1S/C10H13ClN2O2/c1-12-6-10(14)13-7-3-4-9(15-2)8(11)5-7/h3-5,12H,6H2,1-2H3,(H,13,14). The number of halogens is 1. The van der Waals surface area contributed by atoms with Crippen LogP contribution in [0.2, 0.25) is 5.02 Å². The monoisotopic (exact) mass is 228 g/mol. The number of ether oxygens (including phenoxy) is 1. The SMILES string of the molecule is CNCC(=O)Nc1ccc(OC)c(Cl)c1. The summed E-state index contributed by atoms with van der Waals surface area (Å²) in [5, 5.41) is 5.92. The van der Waals surface area contributed by atoms with Crippen LogP contribution in [0.3, 0.4) is 0 Å². The Hall–Kier alpha value is -1.26. The van der Waals surface area contributed by atoms with Crippen LogP contribution >= 0.6 is 11.6 Å². The number of hydrogen-bond donors (Lipinski definition) is 2. The molecule has 82 valence electrons. The number of amides is 1. The second kappa shape index (κ2) is 5.58. The summed E-state index contributed by atoms with van der Waals surface area (Å²) < 4.78 is 5.00. The van der Waals surface area contributed by atoms with Gasteiger partial charge in [0, 0.05) is 5.69 Å². The Labute approximate surface area is 93.6 Å². The minimum Gasteiger partial charge on any atom is -0.495 e. The first-order chi connectivity index (χ1) is 7.17. The molecule has 0 aliphatic heterocycles. The van der Waals surface area contributed by atoms with Gasteiger partial charge in [-0.1, -0.05) is 11.6 Å². The van der Waals surface area contributed by atoms with Crippen LogP contribution in [0, 0.1) is 0 Å². The molecule has 0 radical (unpaired) electrons. The summed E-state index contributed by atoms with van der Waals surface area (Å²) in [5.74, 6) is 0.474. The molecule has 0 fully saturated rings. The number of carbonyl (C=O) groups excluding carboxylic acids is 1. The first-order valence-corrected chi connectivity index (χ1v) is 4.83. The summed E-state index contributed by atoms with van der Waals surface area (Å²) in [6, 6.07) is 5.09. The summed E-state index contributed by atoms with van der Waals surface area (Å²) >= 11 is 5.90. The zero-order valence-corrected chi connectivity index (χ0v) is 9.39. The van der Waals surface area contributed by atoms with Crippen LogP contribution in [0.15, 0.2) is 18.2 Å². The van der Waals surface area contributed by atoms with Gasteiger partial charge >= 0.3 is 0 Å². The Balaban J connectivity index is 2.71. The maximum Gasteiger partial charge on any atom is 0.238 e. The highest BCUT2D eigenvalue weighted by Gasteiger charge is 2.04. The van der Waals surface area contributed by atoms with Crippen molar-refractivity contribution in [2.45, 2.75) is 0 Å².